The van der Waals surface area contributed by atoms with E-state index < -0.39 is 35.5 Å². The Kier molecular flexibility index (Phi) is 6.80. The summed E-state index contributed by atoms with van der Waals surface area (Å²) in [5, 5.41) is 20.9. The Morgan fingerprint density at radius 2 is 1.72 bits per heavy atom. The van der Waals surface area contributed by atoms with Gasteiger partial charge in [0, 0.05) is 17.3 Å². The van der Waals surface area contributed by atoms with E-state index in [0.29, 0.717) is 11.1 Å². The highest BCUT2D eigenvalue weighted by Crippen LogP contribution is 2.32. The number of nitrogens with zero attached hydrogens (tertiary/aromatic N) is 2. The molecule has 0 saturated heterocycles. The van der Waals surface area contributed by atoms with Crippen LogP contribution in [0.5, 0.6) is 0 Å². The summed E-state index contributed by atoms with van der Waals surface area (Å²) in [5.41, 5.74) is -0.865. The molecular weight excluding hydrogens is 409 g/mol. The van der Waals surface area contributed by atoms with Gasteiger partial charge in [0.25, 0.3) is 0 Å². The van der Waals surface area contributed by atoms with Gasteiger partial charge in [-0.1, -0.05) is 29.8 Å². The van der Waals surface area contributed by atoms with Gasteiger partial charge in [0.15, 0.2) is 0 Å². The van der Waals surface area contributed by atoms with Crippen molar-refractivity contribution in [3.8, 4) is 0 Å². The highest BCUT2D eigenvalue weighted by Gasteiger charge is 2.38. The van der Waals surface area contributed by atoms with E-state index in [1.807, 2.05) is 0 Å². The predicted molar refractivity (Wildman–Crippen MR) is 103 cm³/mol. The van der Waals surface area contributed by atoms with Gasteiger partial charge >= 0.3 is 12.3 Å². The molecule has 0 spiro atoms. The average Bonchev–Trinajstić information content (AvgIpc) is 2.59. The molecule has 0 aliphatic carbocycles. The van der Waals surface area contributed by atoms with Crippen molar-refractivity contribution in [1.29, 1.82) is 0 Å². The van der Waals surface area contributed by atoms with Crippen LogP contribution < -0.4 is 0 Å². The van der Waals surface area contributed by atoms with Gasteiger partial charge in [0.1, 0.15) is 11.3 Å². The molecule has 0 fully saturated rings. The Bertz CT molecular complexity index is 834. The van der Waals surface area contributed by atoms with Crippen molar-refractivity contribution < 1.29 is 28.2 Å². The third-order valence-electron chi connectivity index (χ3n) is 4.44. The Balaban J connectivity index is 2.43. The van der Waals surface area contributed by atoms with Gasteiger partial charge in [-0.25, -0.2) is 9.78 Å². The molecule has 1 aromatic heterocycles. The van der Waals surface area contributed by atoms with Crippen molar-refractivity contribution in [2.75, 3.05) is 0 Å². The Labute approximate surface area is 171 Å². The molecule has 29 heavy (non-hydrogen) atoms. The number of carboxylic acid groups (broad SMARTS) is 1. The van der Waals surface area contributed by atoms with Gasteiger partial charge in [0.2, 0.25) is 0 Å². The topological polar surface area (TPSA) is 73.7 Å². The molecule has 2 rings (SSSR count). The molecule has 1 heterocycles. The quantitative estimate of drug-likeness (QED) is 0.641. The van der Waals surface area contributed by atoms with Crippen molar-refractivity contribution in [1.82, 2.24) is 9.88 Å². The number of alkyl halides is 3. The standard InChI is InChI=1S/C20H22ClF3N2O3/c1-19(2,3)26(18(28)29)15(17(27)13-6-9-16(21)25-11-13)10-12-4-7-14(8-5-12)20(22,23)24/h4-9,11,15,17,27H,10H2,1-3H3,(H,28,29). The first kappa shape index (κ1) is 23.0. The summed E-state index contributed by atoms with van der Waals surface area (Å²) in [5.74, 6) is 0. The summed E-state index contributed by atoms with van der Waals surface area (Å²) in [6.07, 6.45) is -5.64. The highest BCUT2D eigenvalue weighted by molar-refractivity contribution is 6.29. The molecule has 2 unspecified atom stereocenters. The summed E-state index contributed by atoms with van der Waals surface area (Å²) in [6, 6.07) is 6.47. The molecule has 1 aromatic carbocycles. The number of benzene rings is 1. The van der Waals surface area contributed by atoms with Crippen LogP contribution in [0, 0.1) is 0 Å². The van der Waals surface area contributed by atoms with Crippen molar-refractivity contribution >= 4 is 17.7 Å². The monoisotopic (exact) mass is 430 g/mol. The van der Waals surface area contributed by atoms with E-state index in [1.54, 1.807) is 20.8 Å². The second kappa shape index (κ2) is 8.59. The summed E-state index contributed by atoms with van der Waals surface area (Å²) >= 11 is 5.77. The lowest BCUT2D eigenvalue weighted by Crippen LogP contribution is -2.54. The molecule has 2 atom stereocenters. The lowest BCUT2D eigenvalue weighted by molar-refractivity contribution is -0.137. The van der Waals surface area contributed by atoms with Crippen molar-refractivity contribution in [3.63, 3.8) is 0 Å². The van der Waals surface area contributed by atoms with Crippen LogP contribution in [0.2, 0.25) is 5.15 Å². The van der Waals surface area contributed by atoms with Gasteiger partial charge < -0.3 is 10.2 Å². The fourth-order valence-electron chi connectivity index (χ4n) is 3.13. The molecule has 2 aromatic rings. The summed E-state index contributed by atoms with van der Waals surface area (Å²) in [4.78, 5) is 17.0. The number of amides is 1. The second-order valence-corrected chi connectivity index (χ2v) is 8.04. The minimum atomic E-state index is -4.47. The number of pyridine rings is 1. The molecule has 0 bridgehead atoms. The molecule has 0 aliphatic heterocycles. The van der Waals surface area contributed by atoms with E-state index in [4.69, 9.17) is 11.6 Å². The largest absolute Gasteiger partial charge is 0.465 e. The van der Waals surface area contributed by atoms with Crippen LogP contribution in [0.1, 0.15) is 43.6 Å². The molecule has 0 radical (unpaired) electrons. The van der Waals surface area contributed by atoms with Crippen LogP contribution in [0.4, 0.5) is 18.0 Å². The van der Waals surface area contributed by atoms with Gasteiger partial charge in [0.05, 0.1) is 11.6 Å². The van der Waals surface area contributed by atoms with Crippen LogP contribution in [0.25, 0.3) is 0 Å². The van der Waals surface area contributed by atoms with Crippen LogP contribution >= 0.6 is 11.6 Å². The summed E-state index contributed by atoms with van der Waals surface area (Å²) in [6.45, 7) is 5.02. The zero-order chi connectivity index (χ0) is 22.0. The normalized spacial score (nSPS) is 14.3. The molecule has 0 saturated carbocycles. The van der Waals surface area contributed by atoms with Crippen molar-refractivity contribution in [3.05, 3.63) is 64.4 Å². The smallest absolute Gasteiger partial charge is 0.416 e. The molecule has 5 nitrogen and oxygen atoms in total. The van der Waals surface area contributed by atoms with Crippen molar-refractivity contribution in [2.45, 2.75) is 51.1 Å². The first-order valence-electron chi connectivity index (χ1n) is 8.78. The van der Waals surface area contributed by atoms with Crippen LogP contribution in [0.3, 0.4) is 0 Å². The predicted octanol–water partition coefficient (Wildman–Crippen LogP) is 5.18. The maximum Gasteiger partial charge on any atom is 0.416 e. The Morgan fingerprint density at radius 1 is 1.14 bits per heavy atom. The summed E-state index contributed by atoms with van der Waals surface area (Å²) < 4.78 is 38.4. The first-order chi connectivity index (χ1) is 13.3. The number of halogens is 4. The minimum Gasteiger partial charge on any atom is -0.465 e. The zero-order valence-electron chi connectivity index (χ0n) is 16.1. The molecular formula is C20H22ClF3N2O3. The van der Waals surface area contributed by atoms with Crippen LogP contribution in [-0.4, -0.2) is 37.8 Å². The van der Waals surface area contributed by atoms with Gasteiger partial charge in [-0.05, 0) is 51.0 Å². The van der Waals surface area contributed by atoms with E-state index >= 15 is 0 Å². The molecule has 1 amide bonds. The molecule has 9 heteroatoms. The van der Waals surface area contributed by atoms with E-state index in [1.165, 1.54) is 30.5 Å². The maximum absolute atomic E-state index is 12.8. The number of aliphatic hydroxyl groups excluding tert-OH is 1. The third kappa shape index (κ3) is 5.83. The third-order valence-corrected chi connectivity index (χ3v) is 4.67. The summed E-state index contributed by atoms with van der Waals surface area (Å²) in [7, 11) is 0. The molecule has 158 valence electrons. The molecule has 2 N–H and O–H groups in total. The Morgan fingerprint density at radius 3 is 2.14 bits per heavy atom. The molecule has 0 aliphatic rings. The van der Waals surface area contributed by atoms with Crippen LogP contribution in [0.15, 0.2) is 42.6 Å². The average molecular weight is 431 g/mol. The SMILES string of the molecule is CC(C)(C)N(C(=O)O)C(Cc1ccc(C(F)(F)F)cc1)C(O)c1ccc(Cl)nc1. The van der Waals surface area contributed by atoms with Crippen molar-refractivity contribution in [2.24, 2.45) is 0 Å². The maximum atomic E-state index is 12.8. The van der Waals surface area contributed by atoms with E-state index in [-0.39, 0.29) is 11.6 Å². The first-order valence-corrected chi connectivity index (χ1v) is 9.16. The van der Waals surface area contributed by atoms with Crippen LogP contribution in [-0.2, 0) is 12.6 Å². The lowest BCUT2D eigenvalue weighted by Gasteiger charge is -2.42. The minimum absolute atomic E-state index is 0.00546. The van der Waals surface area contributed by atoms with Gasteiger partial charge in [-0.3, -0.25) is 4.90 Å². The van der Waals surface area contributed by atoms with E-state index in [2.05, 4.69) is 4.98 Å². The van der Waals surface area contributed by atoms with Gasteiger partial charge in [-0.15, -0.1) is 0 Å². The number of hydrogen-bond donors (Lipinski definition) is 2. The fraction of sp³-hybridized carbons (Fsp3) is 0.400. The Hall–Kier alpha value is -2.32. The van der Waals surface area contributed by atoms with E-state index in [9.17, 15) is 28.2 Å². The number of aromatic nitrogens is 1. The lowest BCUT2D eigenvalue weighted by atomic mass is 9.91. The number of aliphatic hydroxyl groups is 1. The number of rotatable bonds is 5. The second-order valence-electron chi connectivity index (χ2n) is 7.65. The number of hydrogen-bond acceptors (Lipinski definition) is 3. The highest BCUT2D eigenvalue weighted by atomic mass is 35.5. The van der Waals surface area contributed by atoms with Gasteiger partial charge in [-0.2, -0.15) is 13.2 Å². The van der Waals surface area contributed by atoms with E-state index in [0.717, 1.165) is 17.0 Å². The fourth-order valence-corrected chi connectivity index (χ4v) is 3.24. The number of carbonyl (C=O) groups is 1. The zero-order valence-corrected chi connectivity index (χ0v) is 16.9.